The molecule has 8 heteroatoms. The van der Waals surface area contributed by atoms with Gasteiger partial charge in [-0.3, -0.25) is 29.1 Å². The lowest BCUT2D eigenvalue weighted by molar-refractivity contribution is -0.142. The van der Waals surface area contributed by atoms with Crippen LogP contribution in [0.3, 0.4) is 0 Å². The summed E-state index contributed by atoms with van der Waals surface area (Å²) in [7, 11) is 0. The van der Waals surface area contributed by atoms with Gasteiger partial charge >= 0.3 is 5.97 Å². The van der Waals surface area contributed by atoms with Crippen molar-refractivity contribution in [3.05, 3.63) is 57.4 Å². The fourth-order valence-corrected chi connectivity index (χ4v) is 2.69. The number of nitrogens with two attached hydrogens (primary N) is 1. The van der Waals surface area contributed by atoms with E-state index >= 15 is 0 Å². The van der Waals surface area contributed by atoms with E-state index in [2.05, 4.69) is 5.32 Å². The summed E-state index contributed by atoms with van der Waals surface area (Å²) in [5, 5.41) is 2.11. The molecule has 2 amide bonds. The number of amides is 2. The molecule has 0 bridgehead atoms. The Morgan fingerprint density at radius 1 is 1.16 bits per heavy atom. The number of pyridine rings is 1. The van der Waals surface area contributed by atoms with Crippen LogP contribution in [0.25, 0.3) is 5.69 Å². The normalized spacial score (nSPS) is 12.7. The lowest BCUT2D eigenvalue weighted by atomic mass is 10.1. The standard InChI is InChI=1S/C17H15N3O5/c1-2-25-13(22)7-9-3-5-10(6-4-9)20-12(21)8-11-14(15(20)18)17(24)19-16(11)23/h3-6,8H,2,7,18H2,1H3,(H,19,23,24). The molecule has 2 heterocycles. The molecule has 1 aliphatic heterocycles. The smallest absolute Gasteiger partial charge is 0.310 e. The van der Waals surface area contributed by atoms with E-state index in [1.807, 2.05) is 0 Å². The van der Waals surface area contributed by atoms with Crippen molar-refractivity contribution in [3.8, 4) is 5.69 Å². The summed E-state index contributed by atoms with van der Waals surface area (Å²) in [6, 6.07) is 7.62. The Morgan fingerprint density at radius 3 is 2.48 bits per heavy atom. The maximum Gasteiger partial charge on any atom is 0.310 e. The van der Waals surface area contributed by atoms with Crippen molar-refractivity contribution in [1.29, 1.82) is 0 Å². The zero-order valence-electron chi connectivity index (χ0n) is 13.4. The van der Waals surface area contributed by atoms with Gasteiger partial charge in [-0.2, -0.15) is 0 Å². The van der Waals surface area contributed by atoms with Crippen molar-refractivity contribution in [2.75, 3.05) is 12.3 Å². The summed E-state index contributed by atoms with van der Waals surface area (Å²) < 4.78 is 6.02. The lowest BCUT2D eigenvalue weighted by Crippen LogP contribution is -2.24. The Hall–Kier alpha value is -3.42. The summed E-state index contributed by atoms with van der Waals surface area (Å²) >= 11 is 0. The van der Waals surface area contributed by atoms with E-state index in [4.69, 9.17) is 10.5 Å². The van der Waals surface area contributed by atoms with Crippen LogP contribution < -0.4 is 16.6 Å². The number of carbonyl (C=O) groups excluding carboxylic acids is 3. The first-order chi connectivity index (χ1) is 11.9. The SMILES string of the molecule is CCOC(=O)Cc1ccc(-n2c(N)c3c(cc2=O)C(=O)NC3=O)cc1. The molecular formula is C17H15N3O5. The van der Waals surface area contributed by atoms with E-state index in [-0.39, 0.29) is 29.3 Å². The van der Waals surface area contributed by atoms with E-state index in [1.54, 1.807) is 31.2 Å². The molecule has 25 heavy (non-hydrogen) atoms. The number of nitrogens with zero attached hydrogens (tertiary/aromatic N) is 1. The number of imide groups is 1. The van der Waals surface area contributed by atoms with Gasteiger partial charge in [-0.1, -0.05) is 12.1 Å². The molecule has 0 saturated carbocycles. The van der Waals surface area contributed by atoms with Crippen molar-refractivity contribution < 1.29 is 19.1 Å². The molecule has 0 fully saturated rings. The minimum absolute atomic E-state index is 0.0137. The van der Waals surface area contributed by atoms with Gasteiger partial charge in [0.2, 0.25) is 0 Å². The highest BCUT2D eigenvalue weighted by atomic mass is 16.5. The average Bonchev–Trinajstić information content (AvgIpc) is 2.83. The third-order valence-corrected chi connectivity index (χ3v) is 3.80. The highest BCUT2D eigenvalue weighted by molar-refractivity contribution is 6.23. The number of fused-ring (bicyclic) bond motifs is 1. The maximum atomic E-state index is 12.3. The first-order valence-corrected chi connectivity index (χ1v) is 7.58. The van der Waals surface area contributed by atoms with Crippen LogP contribution in [0.15, 0.2) is 35.1 Å². The molecule has 1 aliphatic rings. The molecule has 1 aromatic carbocycles. The van der Waals surface area contributed by atoms with E-state index in [0.29, 0.717) is 17.9 Å². The maximum absolute atomic E-state index is 12.3. The Bertz CT molecular complexity index is 944. The summed E-state index contributed by atoms with van der Waals surface area (Å²) in [5.74, 6) is -1.73. The van der Waals surface area contributed by atoms with Gasteiger partial charge in [0.25, 0.3) is 17.4 Å². The monoisotopic (exact) mass is 341 g/mol. The molecule has 0 radical (unpaired) electrons. The Labute approximate surface area is 142 Å². The fraction of sp³-hybridized carbons (Fsp3) is 0.176. The minimum Gasteiger partial charge on any atom is -0.466 e. The zero-order valence-corrected chi connectivity index (χ0v) is 13.4. The quantitative estimate of drug-likeness (QED) is 0.614. The van der Waals surface area contributed by atoms with Crippen LogP contribution in [-0.4, -0.2) is 29.0 Å². The molecule has 1 aromatic heterocycles. The summed E-state index contributed by atoms with van der Waals surface area (Å²) in [6.07, 6.45) is 0.111. The molecule has 8 nitrogen and oxygen atoms in total. The van der Waals surface area contributed by atoms with Crippen LogP contribution in [0, 0.1) is 0 Å². The molecular weight excluding hydrogens is 326 g/mol. The largest absolute Gasteiger partial charge is 0.466 e. The number of carbonyl (C=O) groups is 3. The van der Waals surface area contributed by atoms with Gasteiger partial charge in [-0.25, -0.2) is 0 Å². The number of ether oxygens (including phenoxy) is 1. The second kappa shape index (κ2) is 6.23. The Kier molecular flexibility index (Phi) is 4.10. The van der Waals surface area contributed by atoms with E-state index in [9.17, 15) is 19.2 Å². The molecule has 0 atom stereocenters. The molecule has 0 unspecified atom stereocenters. The van der Waals surface area contributed by atoms with Crippen LogP contribution in [0.1, 0.15) is 33.2 Å². The highest BCUT2D eigenvalue weighted by Gasteiger charge is 2.31. The Balaban J connectivity index is 1.99. The van der Waals surface area contributed by atoms with Crippen LogP contribution in [0.4, 0.5) is 5.82 Å². The molecule has 0 aliphatic carbocycles. The van der Waals surface area contributed by atoms with Crippen LogP contribution in [0.2, 0.25) is 0 Å². The number of hydrogen-bond donors (Lipinski definition) is 2. The van der Waals surface area contributed by atoms with Crippen molar-refractivity contribution >= 4 is 23.6 Å². The van der Waals surface area contributed by atoms with Gasteiger partial charge in [0, 0.05) is 6.07 Å². The first kappa shape index (κ1) is 16.4. The minimum atomic E-state index is -0.638. The van der Waals surface area contributed by atoms with Crippen molar-refractivity contribution in [1.82, 2.24) is 9.88 Å². The summed E-state index contributed by atoms with van der Waals surface area (Å²) in [6.45, 7) is 2.03. The molecule has 0 saturated heterocycles. The second-order valence-electron chi connectivity index (χ2n) is 5.42. The van der Waals surface area contributed by atoms with Crippen LogP contribution in [-0.2, 0) is 16.0 Å². The molecule has 3 N–H and O–H groups in total. The van der Waals surface area contributed by atoms with Gasteiger partial charge in [0.15, 0.2) is 0 Å². The predicted octanol–water partition coefficient (Wildman–Crippen LogP) is 0.409. The van der Waals surface area contributed by atoms with Crippen LogP contribution in [0.5, 0.6) is 0 Å². The first-order valence-electron chi connectivity index (χ1n) is 7.58. The van der Waals surface area contributed by atoms with Crippen molar-refractivity contribution in [3.63, 3.8) is 0 Å². The van der Waals surface area contributed by atoms with Crippen molar-refractivity contribution in [2.24, 2.45) is 0 Å². The summed E-state index contributed by atoms with van der Waals surface area (Å²) in [4.78, 5) is 47.3. The van der Waals surface area contributed by atoms with Gasteiger partial charge in [0.1, 0.15) is 5.82 Å². The van der Waals surface area contributed by atoms with E-state index in [0.717, 1.165) is 10.6 Å². The number of rotatable bonds is 4. The molecule has 3 rings (SSSR count). The third-order valence-electron chi connectivity index (χ3n) is 3.80. The van der Waals surface area contributed by atoms with E-state index in [1.165, 1.54) is 0 Å². The number of anilines is 1. The Morgan fingerprint density at radius 2 is 1.84 bits per heavy atom. The highest BCUT2D eigenvalue weighted by Crippen LogP contribution is 2.23. The zero-order chi connectivity index (χ0) is 18.1. The van der Waals surface area contributed by atoms with Crippen molar-refractivity contribution in [2.45, 2.75) is 13.3 Å². The average molecular weight is 341 g/mol. The van der Waals surface area contributed by atoms with E-state index < -0.39 is 17.4 Å². The number of esters is 1. The summed E-state index contributed by atoms with van der Waals surface area (Å²) in [5.41, 5.74) is 6.52. The van der Waals surface area contributed by atoms with Gasteiger partial charge in [0.05, 0.1) is 29.8 Å². The number of nitrogens with one attached hydrogen (secondary N) is 1. The van der Waals surface area contributed by atoms with Gasteiger partial charge in [-0.15, -0.1) is 0 Å². The number of nitrogen functional groups attached to an aromatic ring is 1. The molecule has 0 spiro atoms. The van der Waals surface area contributed by atoms with Gasteiger partial charge < -0.3 is 10.5 Å². The fourth-order valence-electron chi connectivity index (χ4n) is 2.69. The number of benzene rings is 1. The lowest BCUT2D eigenvalue weighted by Gasteiger charge is -2.12. The van der Waals surface area contributed by atoms with Gasteiger partial charge in [-0.05, 0) is 24.6 Å². The predicted molar refractivity (Wildman–Crippen MR) is 88.6 cm³/mol. The number of hydrogen-bond acceptors (Lipinski definition) is 6. The number of aromatic nitrogens is 1. The third kappa shape index (κ3) is 2.89. The molecule has 128 valence electrons. The van der Waals surface area contributed by atoms with Crippen LogP contribution >= 0.6 is 0 Å². The molecule has 2 aromatic rings. The topological polar surface area (TPSA) is 120 Å². The second-order valence-corrected chi connectivity index (χ2v) is 5.42.